The summed E-state index contributed by atoms with van der Waals surface area (Å²) >= 11 is 5.81. The van der Waals surface area contributed by atoms with Crippen LogP contribution in [0.25, 0.3) is 10.9 Å². The molecule has 0 saturated heterocycles. The van der Waals surface area contributed by atoms with Crippen molar-refractivity contribution in [2.45, 2.75) is 26.8 Å². The Morgan fingerprint density at radius 3 is 2.74 bits per heavy atom. The van der Waals surface area contributed by atoms with E-state index in [1.54, 1.807) is 0 Å². The summed E-state index contributed by atoms with van der Waals surface area (Å²) in [6.07, 6.45) is 1.02. The van der Waals surface area contributed by atoms with Crippen LogP contribution in [0, 0.1) is 5.41 Å². The highest BCUT2D eigenvalue weighted by Gasteiger charge is 2.16. The zero-order valence-corrected chi connectivity index (χ0v) is 12.4. The zero-order chi connectivity index (χ0) is 13.7. The van der Waals surface area contributed by atoms with Crippen molar-refractivity contribution in [3.63, 3.8) is 0 Å². The van der Waals surface area contributed by atoms with Crippen molar-refractivity contribution in [2.24, 2.45) is 5.41 Å². The van der Waals surface area contributed by atoms with E-state index >= 15 is 0 Å². The Morgan fingerprint density at radius 1 is 1.16 bits per heavy atom. The average Bonchev–Trinajstić information content (AvgIpc) is 2.38. The summed E-state index contributed by atoms with van der Waals surface area (Å²) in [7, 11) is 0. The second-order valence-corrected chi connectivity index (χ2v) is 6.08. The number of nitrogens with one attached hydrogen (secondary N) is 1. The van der Waals surface area contributed by atoms with Crippen LogP contribution in [-0.2, 0) is 6.54 Å². The first-order chi connectivity index (χ1) is 9.11. The lowest BCUT2D eigenvalue weighted by atomic mass is 9.90. The lowest BCUT2D eigenvalue weighted by Gasteiger charge is -2.23. The highest BCUT2D eigenvalue weighted by Crippen LogP contribution is 2.19. The van der Waals surface area contributed by atoms with Crippen LogP contribution in [0.2, 0.25) is 0 Å². The Morgan fingerprint density at radius 2 is 1.95 bits per heavy atom. The summed E-state index contributed by atoms with van der Waals surface area (Å²) in [5.41, 5.74) is 2.38. The molecule has 0 radical (unpaired) electrons. The van der Waals surface area contributed by atoms with Crippen LogP contribution < -0.4 is 5.32 Å². The smallest absolute Gasteiger partial charge is 0.0705 e. The number of halogens is 1. The number of pyridine rings is 1. The van der Waals surface area contributed by atoms with Gasteiger partial charge in [-0.25, -0.2) is 0 Å². The first-order valence-electron chi connectivity index (χ1n) is 6.72. The molecule has 2 rings (SSSR count). The molecule has 0 bridgehead atoms. The molecular weight excluding hydrogens is 256 g/mol. The van der Waals surface area contributed by atoms with Crippen molar-refractivity contribution in [2.75, 3.05) is 12.4 Å². The molecule has 0 aliphatic carbocycles. The number of rotatable bonds is 6. The van der Waals surface area contributed by atoms with E-state index in [2.05, 4.69) is 48.4 Å². The second-order valence-electron chi connectivity index (χ2n) is 5.70. The molecule has 1 N–H and O–H groups in total. The predicted molar refractivity (Wildman–Crippen MR) is 82.6 cm³/mol. The van der Waals surface area contributed by atoms with E-state index in [0.717, 1.165) is 30.7 Å². The van der Waals surface area contributed by atoms with Crippen molar-refractivity contribution in [3.05, 3.63) is 42.1 Å². The highest BCUT2D eigenvalue weighted by molar-refractivity contribution is 6.17. The summed E-state index contributed by atoms with van der Waals surface area (Å²) in [5, 5.41) is 4.66. The molecule has 0 atom stereocenters. The van der Waals surface area contributed by atoms with E-state index in [9.17, 15) is 0 Å². The van der Waals surface area contributed by atoms with Gasteiger partial charge in [-0.3, -0.25) is 4.98 Å². The molecule has 0 spiro atoms. The van der Waals surface area contributed by atoms with Gasteiger partial charge in [0.2, 0.25) is 0 Å². The molecular formula is C16H21ClN2. The monoisotopic (exact) mass is 276 g/mol. The Labute approximate surface area is 120 Å². The molecule has 1 heterocycles. The third-order valence-electron chi connectivity index (χ3n) is 3.34. The molecule has 0 saturated carbocycles. The van der Waals surface area contributed by atoms with E-state index in [1.807, 2.05) is 12.1 Å². The number of hydrogen-bond acceptors (Lipinski definition) is 2. The summed E-state index contributed by atoms with van der Waals surface area (Å²) < 4.78 is 0. The van der Waals surface area contributed by atoms with E-state index in [1.165, 1.54) is 5.39 Å². The lowest BCUT2D eigenvalue weighted by molar-refractivity contribution is 0.329. The largest absolute Gasteiger partial charge is 0.311 e. The number of para-hydroxylation sites is 1. The molecule has 2 nitrogen and oxygen atoms in total. The van der Waals surface area contributed by atoms with Crippen molar-refractivity contribution in [3.8, 4) is 0 Å². The minimum atomic E-state index is 0.235. The van der Waals surface area contributed by atoms with Crippen LogP contribution in [0.15, 0.2) is 36.4 Å². The fraction of sp³-hybridized carbons (Fsp3) is 0.438. The van der Waals surface area contributed by atoms with Gasteiger partial charge in [-0.05, 0) is 24.0 Å². The number of fused-ring (bicyclic) bond motifs is 1. The predicted octanol–water partition coefficient (Wildman–Crippen LogP) is 3.98. The van der Waals surface area contributed by atoms with Crippen molar-refractivity contribution in [1.29, 1.82) is 0 Å². The second kappa shape index (κ2) is 6.36. The highest BCUT2D eigenvalue weighted by atomic mass is 35.5. The van der Waals surface area contributed by atoms with Crippen LogP contribution in [0.1, 0.15) is 26.0 Å². The van der Waals surface area contributed by atoms with Crippen LogP contribution in [-0.4, -0.2) is 17.4 Å². The summed E-state index contributed by atoms with van der Waals surface area (Å²) in [5.74, 6) is 0.711. The van der Waals surface area contributed by atoms with Crippen LogP contribution in [0.3, 0.4) is 0 Å². The van der Waals surface area contributed by atoms with Gasteiger partial charge in [0.15, 0.2) is 0 Å². The van der Waals surface area contributed by atoms with Gasteiger partial charge in [-0.15, -0.1) is 11.6 Å². The maximum atomic E-state index is 5.81. The van der Waals surface area contributed by atoms with Crippen molar-refractivity contribution >= 4 is 22.5 Å². The van der Waals surface area contributed by atoms with Gasteiger partial charge in [0.05, 0.1) is 11.2 Å². The normalized spacial score (nSPS) is 11.9. The SMILES string of the molecule is CC(C)(CCCl)CNCc1ccc2ccccc2n1. The molecule has 1 aromatic heterocycles. The summed E-state index contributed by atoms with van der Waals surface area (Å²) in [6, 6.07) is 12.4. The average molecular weight is 277 g/mol. The molecule has 0 aliphatic heterocycles. The van der Waals surface area contributed by atoms with Crippen LogP contribution in [0.4, 0.5) is 0 Å². The molecule has 0 fully saturated rings. The fourth-order valence-electron chi connectivity index (χ4n) is 2.08. The number of benzene rings is 1. The van der Waals surface area contributed by atoms with E-state index in [-0.39, 0.29) is 5.41 Å². The Balaban J connectivity index is 1.95. The maximum Gasteiger partial charge on any atom is 0.0705 e. The van der Waals surface area contributed by atoms with Crippen molar-refractivity contribution < 1.29 is 0 Å². The first kappa shape index (κ1) is 14.3. The van der Waals surface area contributed by atoms with E-state index in [0.29, 0.717) is 5.88 Å². The number of aromatic nitrogens is 1. The molecule has 3 heteroatoms. The molecule has 0 amide bonds. The minimum Gasteiger partial charge on any atom is -0.311 e. The van der Waals surface area contributed by atoms with Crippen molar-refractivity contribution in [1.82, 2.24) is 10.3 Å². The maximum absolute atomic E-state index is 5.81. The first-order valence-corrected chi connectivity index (χ1v) is 7.25. The molecule has 0 aliphatic rings. The van der Waals surface area contributed by atoms with Gasteiger partial charge in [0.1, 0.15) is 0 Å². The topological polar surface area (TPSA) is 24.9 Å². The van der Waals surface area contributed by atoms with Gasteiger partial charge in [0, 0.05) is 24.4 Å². The molecule has 19 heavy (non-hydrogen) atoms. The Kier molecular flexibility index (Phi) is 4.78. The number of alkyl halides is 1. The number of nitrogens with zero attached hydrogens (tertiary/aromatic N) is 1. The van der Waals surface area contributed by atoms with Crippen LogP contribution >= 0.6 is 11.6 Å². The molecule has 0 unspecified atom stereocenters. The van der Waals surface area contributed by atoms with Gasteiger partial charge in [-0.1, -0.05) is 38.1 Å². The third kappa shape index (κ3) is 4.19. The summed E-state index contributed by atoms with van der Waals surface area (Å²) in [6.45, 7) is 6.22. The standard InChI is InChI=1S/C16H21ClN2/c1-16(2,9-10-17)12-18-11-14-8-7-13-5-3-4-6-15(13)19-14/h3-8,18H,9-12H2,1-2H3. The van der Waals surface area contributed by atoms with Gasteiger partial charge in [0.25, 0.3) is 0 Å². The van der Waals surface area contributed by atoms with Gasteiger partial charge in [-0.2, -0.15) is 0 Å². The molecule has 102 valence electrons. The van der Waals surface area contributed by atoms with E-state index in [4.69, 9.17) is 11.6 Å². The molecule has 2 aromatic rings. The minimum absolute atomic E-state index is 0.235. The van der Waals surface area contributed by atoms with E-state index < -0.39 is 0 Å². The molecule has 1 aromatic carbocycles. The van der Waals surface area contributed by atoms with Gasteiger partial charge >= 0.3 is 0 Å². The Bertz CT molecular complexity index is 537. The zero-order valence-electron chi connectivity index (χ0n) is 11.6. The third-order valence-corrected chi connectivity index (χ3v) is 3.53. The quantitative estimate of drug-likeness (QED) is 0.807. The Hall–Kier alpha value is -1.12. The fourth-order valence-corrected chi connectivity index (χ4v) is 2.59. The lowest BCUT2D eigenvalue weighted by Crippen LogP contribution is -2.29. The summed E-state index contributed by atoms with van der Waals surface area (Å²) in [4.78, 5) is 4.65. The van der Waals surface area contributed by atoms with Gasteiger partial charge < -0.3 is 5.32 Å². The van der Waals surface area contributed by atoms with Crippen LogP contribution in [0.5, 0.6) is 0 Å². The number of hydrogen-bond donors (Lipinski definition) is 1.